The summed E-state index contributed by atoms with van der Waals surface area (Å²) in [6, 6.07) is 18.3. The molecule has 0 heterocycles. The lowest BCUT2D eigenvalue weighted by Gasteiger charge is -1.91. The Morgan fingerprint density at radius 3 is 1.27 bits per heavy atom. The van der Waals surface area contributed by atoms with Gasteiger partial charge in [-0.05, 0) is 60.4 Å². The van der Waals surface area contributed by atoms with Gasteiger partial charge >= 0.3 is 0 Å². The first kappa shape index (κ1) is 14.7. The van der Waals surface area contributed by atoms with E-state index in [2.05, 4.69) is 33.7 Å². The fourth-order valence-electron chi connectivity index (χ4n) is 1.57. The van der Waals surface area contributed by atoms with Gasteiger partial charge in [0.2, 0.25) is 0 Å². The maximum Gasteiger partial charge on any atom is 0.0918 e. The first-order chi connectivity index (χ1) is 10.8. The number of nitrogens with one attached hydrogen (secondary N) is 2. The predicted molar refractivity (Wildman–Crippen MR) is 86.3 cm³/mol. The Kier molecular flexibility index (Phi) is 5.22. The molecule has 2 aromatic rings. The van der Waals surface area contributed by atoms with Gasteiger partial charge in [0.25, 0.3) is 0 Å². The first-order valence-corrected chi connectivity index (χ1v) is 6.29. The molecule has 0 radical (unpaired) electrons. The van der Waals surface area contributed by atoms with Crippen molar-refractivity contribution in [2.75, 3.05) is 0 Å². The van der Waals surface area contributed by atoms with E-state index in [1.165, 1.54) is 0 Å². The number of rotatable bonds is 2. The summed E-state index contributed by atoms with van der Waals surface area (Å²) in [5, 5.41) is 13.5. The van der Waals surface area contributed by atoms with Crippen LogP contribution in [0.25, 0.3) is 0 Å². The quantitative estimate of drug-likeness (QED) is 0.620. The van der Waals surface area contributed by atoms with Gasteiger partial charge in [0.1, 0.15) is 0 Å². The van der Waals surface area contributed by atoms with Gasteiger partial charge < -0.3 is 0 Å². The molecule has 0 saturated heterocycles. The summed E-state index contributed by atoms with van der Waals surface area (Å²) in [5.74, 6) is 11.4. The van der Waals surface area contributed by atoms with E-state index < -0.39 is 0 Å². The Labute approximate surface area is 128 Å². The van der Waals surface area contributed by atoms with Crippen LogP contribution < -0.4 is 0 Å². The molecule has 22 heavy (non-hydrogen) atoms. The Balaban J connectivity index is 2.07. The van der Waals surface area contributed by atoms with E-state index in [0.717, 1.165) is 11.1 Å². The summed E-state index contributed by atoms with van der Waals surface area (Å²) in [7, 11) is 0. The summed E-state index contributed by atoms with van der Waals surface area (Å²) < 4.78 is 0. The van der Waals surface area contributed by atoms with E-state index in [-0.39, 0.29) is 0 Å². The van der Waals surface area contributed by atoms with Crippen molar-refractivity contribution in [3.63, 3.8) is 0 Å². The fraction of sp³-hybridized carbons (Fsp3) is 0. The lowest BCUT2D eigenvalue weighted by Crippen LogP contribution is -1.73. The second-order valence-electron chi connectivity index (χ2n) is 4.04. The van der Waals surface area contributed by atoms with Gasteiger partial charge in [0.05, 0.1) is 23.4 Å². The van der Waals surface area contributed by atoms with Crippen molar-refractivity contribution in [1.29, 1.82) is 10.8 Å². The average molecular weight is 282 g/mol. The highest BCUT2D eigenvalue weighted by Crippen LogP contribution is 2.12. The van der Waals surface area contributed by atoms with Crippen molar-refractivity contribution >= 4 is 23.4 Å². The molecule has 2 rings (SSSR count). The molecule has 0 amide bonds. The third kappa shape index (κ3) is 4.46. The van der Waals surface area contributed by atoms with Crippen LogP contribution in [-0.2, 0) is 0 Å². The summed E-state index contributed by atoms with van der Waals surface area (Å²) in [6.45, 7) is 0. The molecule has 0 aliphatic carbocycles. The number of hydrogen-bond acceptors (Lipinski definition) is 4. The molecular weight excluding hydrogens is 272 g/mol. The summed E-state index contributed by atoms with van der Waals surface area (Å²) >= 11 is 0. The highest BCUT2D eigenvalue weighted by Gasteiger charge is 1.89. The molecular formula is C18H10N4. The maximum atomic E-state index is 6.77. The monoisotopic (exact) mass is 282 g/mol. The van der Waals surface area contributed by atoms with Gasteiger partial charge in [-0.25, -0.2) is 10.8 Å². The molecule has 2 N–H and O–H groups in total. The Bertz CT molecular complexity index is 795. The van der Waals surface area contributed by atoms with Crippen molar-refractivity contribution in [3.05, 3.63) is 59.7 Å². The Morgan fingerprint density at radius 2 is 0.955 bits per heavy atom. The van der Waals surface area contributed by atoms with Gasteiger partial charge in [0, 0.05) is 11.1 Å². The molecule has 102 valence electrons. The van der Waals surface area contributed by atoms with Crippen LogP contribution in [0.1, 0.15) is 11.1 Å². The van der Waals surface area contributed by atoms with E-state index >= 15 is 0 Å². The minimum atomic E-state index is 0.666. The van der Waals surface area contributed by atoms with Crippen LogP contribution in [-0.4, -0.2) is 12.0 Å². The number of aliphatic imine (C=N–C) groups is 2. The lowest BCUT2D eigenvalue weighted by atomic mass is 10.2. The minimum Gasteiger partial charge on any atom is -0.241 e. The zero-order chi connectivity index (χ0) is 15.6. The normalized spacial score (nSPS) is 8.18. The molecule has 0 saturated carbocycles. The molecule has 4 nitrogen and oxygen atoms in total. The summed E-state index contributed by atoms with van der Waals surface area (Å²) in [6.07, 6.45) is 0. The third-order valence-corrected chi connectivity index (χ3v) is 2.58. The zero-order valence-electron chi connectivity index (χ0n) is 11.5. The maximum absolute atomic E-state index is 6.77. The lowest BCUT2D eigenvalue weighted by molar-refractivity contribution is 1.48. The molecule has 0 fully saturated rings. The highest BCUT2D eigenvalue weighted by molar-refractivity contribution is 5.54. The molecule has 0 unspecified atom stereocenters. The zero-order valence-corrected chi connectivity index (χ0v) is 11.5. The fourth-order valence-corrected chi connectivity index (χ4v) is 1.57. The van der Waals surface area contributed by atoms with Gasteiger partial charge in [-0.15, -0.1) is 0 Å². The molecule has 0 spiro atoms. The van der Waals surface area contributed by atoms with Gasteiger partial charge in [-0.3, -0.25) is 0 Å². The van der Waals surface area contributed by atoms with Crippen LogP contribution in [0.2, 0.25) is 0 Å². The van der Waals surface area contributed by atoms with E-state index in [4.69, 9.17) is 10.8 Å². The van der Waals surface area contributed by atoms with Crippen molar-refractivity contribution < 1.29 is 0 Å². The molecule has 0 aromatic heterocycles. The molecule has 0 bridgehead atoms. The predicted octanol–water partition coefficient (Wildman–Crippen LogP) is 3.86. The van der Waals surface area contributed by atoms with Crippen LogP contribution in [0.4, 0.5) is 11.4 Å². The molecule has 2 aromatic carbocycles. The van der Waals surface area contributed by atoms with Gasteiger partial charge in [-0.2, -0.15) is 9.98 Å². The van der Waals surface area contributed by atoms with Crippen molar-refractivity contribution in [1.82, 2.24) is 0 Å². The van der Waals surface area contributed by atoms with Crippen molar-refractivity contribution in [3.8, 4) is 23.7 Å². The summed E-state index contributed by atoms with van der Waals surface area (Å²) in [5.41, 5.74) is 2.99. The number of hydrogen-bond donors (Lipinski definition) is 2. The topological polar surface area (TPSA) is 72.4 Å². The minimum absolute atomic E-state index is 0.666. The summed E-state index contributed by atoms with van der Waals surface area (Å²) in [4.78, 5) is 7.44. The van der Waals surface area contributed by atoms with Crippen LogP contribution in [0.15, 0.2) is 58.5 Å². The molecule has 0 aliphatic rings. The number of benzene rings is 2. The van der Waals surface area contributed by atoms with Crippen LogP contribution in [0, 0.1) is 34.5 Å². The van der Waals surface area contributed by atoms with Gasteiger partial charge in [-0.1, -0.05) is 11.8 Å². The van der Waals surface area contributed by atoms with Crippen molar-refractivity contribution in [2.45, 2.75) is 0 Å². The van der Waals surface area contributed by atoms with E-state index in [1.54, 1.807) is 24.3 Å². The standard InChI is InChI=1S/C18H10N4/c19-13-21-17-9-5-15(6-10-17)3-1-2-4-16-7-11-18(12-8-16)22-14-20/h5-12,19-20H. The van der Waals surface area contributed by atoms with Crippen molar-refractivity contribution in [2.24, 2.45) is 9.98 Å². The SMILES string of the molecule is N=C=Nc1ccc(C#CC#Cc2ccc(N=C=N)cc2)cc1. The van der Waals surface area contributed by atoms with E-state index in [1.807, 2.05) is 36.3 Å². The van der Waals surface area contributed by atoms with Gasteiger partial charge in [0.15, 0.2) is 0 Å². The second kappa shape index (κ2) is 7.80. The van der Waals surface area contributed by atoms with Crippen LogP contribution in [0.5, 0.6) is 0 Å². The van der Waals surface area contributed by atoms with E-state index in [0.29, 0.717) is 11.4 Å². The largest absolute Gasteiger partial charge is 0.241 e. The number of nitrogens with zero attached hydrogens (tertiary/aromatic N) is 2. The van der Waals surface area contributed by atoms with E-state index in [9.17, 15) is 0 Å². The first-order valence-electron chi connectivity index (χ1n) is 6.29. The molecule has 0 atom stereocenters. The third-order valence-electron chi connectivity index (χ3n) is 2.58. The van der Waals surface area contributed by atoms with Crippen LogP contribution in [0.3, 0.4) is 0 Å². The molecule has 4 heteroatoms. The molecule has 0 aliphatic heterocycles. The van der Waals surface area contributed by atoms with Crippen LogP contribution >= 0.6 is 0 Å². The smallest absolute Gasteiger partial charge is 0.0918 e. The Morgan fingerprint density at radius 1 is 0.591 bits per heavy atom. The highest BCUT2D eigenvalue weighted by atomic mass is 14.7. The average Bonchev–Trinajstić information content (AvgIpc) is 2.55. The Hall–Kier alpha value is -3.68. The second-order valence-corrected chi connectivity index (χ2v) is 4.04.